The minimum atomic E-state index is 0.117. The number of thiophene rings is 1. The van der Waals surface area contributed by atoms with Gasteiger partial charge in [0.25, 0.3) is 5.91 Å². The summed E-state index contributed by atoms with van der Waals surface area (Å²) < 4.78 is 1.22. The number of rotatable bonds is 4. The minimum absolute atomic E-state index is 0.117. The maximum absolute atomic E-state index is 12.9. The summed E-state index contributed by atoms with van der Waals surface area (Å²) in [5.41, 5.74) is 1.01. The molecule has 1 fully saturated rings. The molecule has 1 saturated heterocycles. The van der Waals surface area contributed by atoms with Gasteiger partial charge in [-0.1, -0.05) is 13.0 Å². The molecule has 0 bridgehead atoms. The Hall–Kier alpha value is -1.33. The number of likely N-dealkylation sites (tertiary alicyclic amines) is 1. The first kappa shape index (κ1) is 15.6. The number of amides is 1. The molecule has 5 heteroatoms. The van der Waals surface area contributed by atoms with Crippen LogP contribution in [0.15, 0.2) is 40.7 Å². The average molecular weight is 332 g/mol. The molecule has 0 radical (unpaired) electrons. The molecular formula is C17H20N2OS2. The number of hydrogen-bond donors (Lipinski definition) is 0. The molecule has 0 spiro atoms. The van der Waals surface area contributed by atoms with Crippen molar-refractivity contribution in [3.63, 3.8) is 0 Å². The van der Waals surface area contributed by atoms with Crippen molar-refractivity contribution in [3.8, 4) is 0 Å². The highest BCUT2D eigenvalue weighted by Gasteiger charge is 2.30. The highest BCUT2D eigenvalue weighted by atomic mass is 32.2. The second-order valence-electron chi connectivity index (χ2n) is 5.32. The predicted octanol–water partition coefficient (Wildman–Crippen LogP) is 4.62. The zero-order chi connectivity index (χ0) is 15.4. The molecule has 1 amide bonds. The van der Waals surface area contributed by atoms with Crippen LogP contribution in [0.5, 0.6) is 0 Å². The molecule has 1 aliphatic rings. The zero-order valence-electron chi connectivity index (χ0n) is 12.7. The normalized spacial score (nSPS) is 18.4. The van der Waals surface area contributed by atoms with Gasteiger partial charge in [0, 0.05) is 12.7 Å². The molecule has 3 rings (SSSR count). The fourth-order valence-corrected chi connectivity index (χ4v) is 4.85. The quantitative estimate of drug-likeness (QED) is 0.766. The van der Waals surface area contributed by atoms with E-state index in [0.29, 0.717) is 0 Å². The van der Waals surface area contributed by atoms with Crippen molar-refractivity contribution < 1.29 is 4.79 Å². The Morgan fingerprint density at radius 1 is 1.36 bits per heavy atom. The highest BCUT2D eigenvalue weighted by Crippen LogP contribution is 2.33. The molecule has 3 heterocycles. The van der Waals surface area contributed by atoms with Crippen molar-refractivity contribution in [3.05, 3.63) is 47.1 Å². The van der Waals surface area contributed by atoms with Crippen LogP contribution in [0.4, 0.5) is 0 Å². The molecule has 0 unspecified atom stereocenters. The SMILES string of the molecule is CCSc1ccc(C(=O)N2CCCC[C@H]2c2ccccn2)s1. The molecule has 0 saturated carbocycles. The van der Waals surface area contributed by atoms with Gasteiger partial charge in [0.05, 0.1) is 20.8 Å². The number of nitrogens with zero attached hydrogens (tertiary/aromatic N) is 2. The van der Waals surface area contributed by atoms with Gasteiger partial charge in [-0.15, -0.1) is 23.1 Å². The van der Waals surface area contributed by atoms with E-state index in [0.717, 1.165) is 42.1 Å². The van der Waals surface area contributed by atoms with Gasteiger partial charge in [0.1, 0.15) is 0 Å². The molecule has 2 aromatic rings. The fraction of sp³-hybridized carbons (Fsp3) is 0.412. The second-order valence-corrected chi connectivity index (χ2v) is 7.96. The lowest BCUT2D eigenvalue weighted by molar-refractivity contribution is 0.0611. The Bertz CT molecular complexity index is 627. The smallest absolute Gasteiger partial charge is 0.264 e. The third kappa shape index (κ3) is 3.36. The molecule has 116 valence electrons. The Morgan fingerprint density at radius 2 is 2.27 bits per heavy atom. The van der Waals surface area contributed by atoms with E-state index in [-0.39, 0.29) is 11.9 Å². The summed E-state index contributed by atoms with van der Waals surface area (Å²) in [5.74, 6) is 1.19. The summed E-state index contributed by atoms with van der Waals surface area (Å²) in [7, 11) is 0. The molecule has 0 aliphatic carbocycles. The van der Waals surface area contributed by atoms with Crippen LogP contribution in [0.25, 0.3) is 0 Å². The lowest BCUT2D eigenvalue weighted by atomic mass is 9.98. The number of carbonyl (C=O) groups excluding carboxylic acids is 1. The third-order valence-corrected chi connectivity index (χ3v) is 6.05. The molecule has 1 atom stereocenters. The second kappa shape index (κ2) is 7.29. The van der Waals surface area contributed by atoms with Crippen LogP contribution in [-0.4, -0.2) is 28.1 Å². The number of pyridine rings is 1. The first-order chi connectivity index (χ1) is 10.8. The van der Waals surface area contributed by atoms with Crippen molar-refractivity contribution in [1.82, 2.24) is 9.88 Å². The Balaban J connectivity index is 1.82. The first-order valence-corrected chi connectivity index (χ1v) is 9.54. The van der Waals surface area contributed by atoms with Gasteiger partial charge >= 0.3 is 0 Å². The standard InChI is InChI=1S/C17H20N2OS2/c1-2-21-16-10-9-15(22-16)17(20)19-12-6-4-8-14(19)13-7-3-5-11-18-13/h3,5,7,9-11,14H,2,4,6,8,12H2,1H3/t14-/m0/s1. The van der Waals surface area contributed by atoms with Gasteiger partial charge in [-0.05, 0) is 49.3 Å². The van der Waals surface area contributed by atoms with Gasteiger partial charge in [-0.25, -0.2) is 0 Å². The van der Waals surface area contributed by atoms with E-state index in [1.54, 1.807) is 23.1 Å². The average Bonchev–Trinajstić information content (AvgIpc) is 3.04. The zero-order valence-corrected chi connectivity index (χ0v) is 14.3. The lowest BCUT2D eigenvalue weighted by Crippen LogP contribution is -2.38. The van der Waals surface area contributed by atoms with E-state index in [9.17, 15) is 4.79 Å². The van der Waals surface area contributed by atoms with Gasteiger partial charge in [-0.3, -0.25) is 9.78 Å². The first-order valence-electron chi connectivity index (χ1n) is 7.74. The summed E-state index contributed by atoms with van der Waals surface area (Å²) in [6.45, 7) is 2.96. The van der Waals surface area contributed by atoms with Crippen molar-refractivity contribution in [1.29, 1.82) is 0 Å². The predicted molar refractivity (Wildman–Crippen MR) is 92.6 cm³/mol. The number of piperidine rings is 1. The van der Waals surface area contributed by atoms with Crippen LogP contribution in [0.1, 0.15) is 47.6 Å². The topological polar surface area (TPSA) is 33.2 Å². The largest absolute Gasteiger partial charge is 0.329 e. The van der Waals surface area contributed by atoms with Crippen molar-refractivity contribution >= 4 is 29.0 Å². The van der Waals surface area contributed by atoms with Crippen LogP contribution >= 0.6 is 23.1 Å². The van der Waals surface area contributed by atoms with E-state index >= 15 is 0 Å². The van der Waals surface area contributed by atoms with E-state index < -0.39 is 0 Å². The Kier molecular flexibility index (Phi) is 5.16. The summed E-state index contributed by atoms with van der Waals surface area (Å²) in [6, 6.07) is 10.1. The molecule has 0 N–H and O–H groups in total. The maximum atomic E-state index is 12.9. The maximum Gasteiger partial charge on any atom is 0.264 e. The van der Waals surface area contributed by atoms with Crippen LogP contribution < -0.4 is 0 Å². The number of hydrogen-bond acceptors (Lipinski definition) is 4. The summed E-state index contributed by atoms with van der Waals surface area (Å²) in [6.07, 6.45) is 5.06. The summed E-state index contributed by atoms with van der Waals surface area (Å²) in [4.78, 5) is 20.2. The summed E-state index contributed by atoms with van der Waals surface area (Å²) >= 11 is 3.40. The van der Waals surface area contributed by atoms with E-state index in [4.69, 9.17) is 0 Å². The van der Waals surface area contributed by atoms with Crippen LogP contribution in [0, 0.1) is 0 Å². The number of carbonyl (C=O) groups is 1. The van der Waals surface area contributed by atoms with Crippen LogP contribution in [-0.2, 0) is 0 Å². The molecule has 3 nitrogen and oxygen atoms in total. The fourth-order valence-electron chi connectivity index (χ4n) is 2.85. The number of thioether (sulfide) groups is 1. The Labute approximate surface area is 139 Å². The molecule has 22 heavy (non-hydrogen) atoms. The monoisotopic (exact) mass is 332 g/mol. The van der Waals surface area contributed by atoms with Crippen molar-refractivity contribution in [2.75, 3.05) is 12.3 Å². The molecule has 0 aromatic carbocycles. The summed E-state index contributed by atoms with van der Waals surface area (Å²) in [5, 5.41) is 0. The van der Waals surface area contributed by atoms with E-state index in [1.807, 2.05) is 35.4 Å². The van der Waals surface area contributed by atoms with Crippen LogP contribution in [0.3, 0.4) is 0 Å². The minimum Gasteiger partial charge on any atom is -0.329 e. The molecular weight excluding hydrogens is 312 g/mol. The highest BCUT2D eigenvalue weighted by molar-refractivity contribution is 8.01. The van der Waals surface area contributed by atoms with Crippen molar-refractivity contribution in [2.24, 2.45) is 0 Å². The van der Waals surface area contributed by atoms with Gasteiger partial charge in [0.2, 0.25) is 0 Å². The lowest BCUT2D eigenvalue weighted by Gasteiger charge is -2.35. The molecule has 2 aromatic heterocycles. The third-order valence-electron chi connectivity index (χ3n) is 3.87. The molecule has 1 aliphatic heterocycles. The Morgan fingerprint density at radius 3 is 3.05 bits per heavy atom. The van der Waals surface area contributed by atoms with E-state index in [1.165, 1.54) is 4.21 Å². The van der Waals surface area contributed by atoms with Crippen LogP contribution in [0.2, 0.25) is 0 Å². The van der Waals surface area contributed by atoms with Gasteiger partial charge in [0.15, 0.2) is 0 Å². The van der Waals surface area contributed by atoms with E-state index in [2.05, 4.69) is 18.0 Å². The van der Waals surface area contributed by atoms with Crippen molar-refractivity contribution in [2.45, 2.75) is 36.4 Å². The number of aromatic nitrogens is 1. The van der Waals surface area contributed by atoms with Gasteiger partial charge < -0.3 is 4.90 Å². The van der Waals surface area contributed by atoms with Gasteiger partial charge in [-0.2, -0.15) is 0 Å².